The van der Waals surface area contributed by atoms with Crippen LogP contribution in [0.15, 0.2) is 35.5 Å². The molecular formula is C17H27N3O. The van der Waals surface area contributed by atoms with Gasteiger partial charge in [-0.05, 0) is 28.9 Å². The Labute approximate surface area is 127 Å². The average molecular weight is 289 g/mol. The van der Waals surface area contributed by atoms with E-state index in [2.05, 4.69) is 50.3 Å². The molecule has 4 heteroatoms. The van der Waals surface area contributed by atoms with Gasteiger partial charge in [0, 0.05) is 12.5 Å². The number of nitrogens with two attached hydrogens (primary N) is 1. The van der Waals surface area contributed by atoms with Crippen molar-refractivity contribution < 1.29 is 5.21 Å². The summed E-state index contributed by atoms with van der Waals surface area (Å²) in [5, 5.41) is 15.5. The average Bonchev–Trinajstić information content (AvgIpc) is 2.85. The van der Waals surface area contributed by atoms with E-state index in [1.54, 1.807) is 0 Å². The third-order valence-corrected chi connectivity index (χ3v) is 5.63. The lowest BCUT2D eigenvalue weighted by Crippen LogP contribution is -2.29. The second-order valence-corrected chi connectivity index (χ2v) is 7.16. The fraction of sp³-hybridized carbons (Fsp3) is 0.588. The van der Waals surface area contributed by atoms with E-state index in [9.17, 15) is 0 Å². The van der Waals surface area contributed by atoms with E-state index in [1.165, 1.54) is 5.56 Å². The highest BCUT2D eigenvalue weighted by Gasteiger charge is 2.63. The summed E-state index contributed by atoms with van der Waals surface area (Å²) in [6.45, 7) is 10.2. The smallest absolute Gasteiger partial charge is 0.141 e. The zero-order valence-electron chi connectivity index (χ0n) is 13.4. The molecule has 0 radical (unpaired) electrons. The maximum Gasteiger partial charge on any atom is 0.141 e. The van der Waals surface area contributed by atoms with E-state index in [1.807, 2.05) is 18.2 Å². The summed E-state index contributed by atoms with van der Waals surface area (Å²) in [7, 11) is 0. The minimum Gasteiger partial charge on any atom is -0.409 e. The maximum atomic E-state index is 8.82. The predicted molar refractivity (Wildman–Crippen MR) is 86.3 cm³/mol. The number of nitrogens with one attached hydrogen (secondary N) is 1. The van der Waals surface area contributed by atoms with Gasteiger partial charge in [0.2, 0.25) is 0 Å². The van der Waals surface area contributed by atoms with Crippen molar-refractivity contribution in [3.63, 3.8) is 0 Å². The molecule has 1 atom stereocenters. The number of oxime groups is 1. The Morgan fingerprint density at radius 2 is 1.81 bits per heavy atom. The van der Waals surface area contributed by atoms with Crippen LogP contribution in [0.25, 0.3) is 0 Å². The zero-order chi connectivity index (χ0) is 15.7. The van der Waals surface area contributed by atoms with Crippen LogP contribution in [0.4, 0.5) is 0 Å². The lowest BCUT2D eigenvalue weighted by atomic mass is 10.0. The Morgan fingerprint density at radius 3 is 2.29 bits per heavy atom. The van der Waals surface area contributed by atoms with Gasteiger partial charge in [0.15, 0.2) is 0 Å². The molecule has 1 aromatic rings. The van der Waals surface area contributed by atoms with E-state index in [0.717, 1.165) is 6.54 Å². The third-order valence-electron chi connectivity index (χ3n) is 5.63. The van der Waals surface area contributed by atoms with Crippen molar-refractivity contribution in [1.82, 2.24) is 5.32 Å². The van der Waals surface area contributed by atoms with Gasteiger partial charge in [0.1, 0.15) is 5.84 Å². The van der Waals surface area contributed by atoms with Crippen LogP contribution < -0.4 is 11.1 Å². The molecule has 1 aliphatic rings. The van der Waals surface area contributed by atoms with E-state index in [0.29, 0.717) is 23.2 Å². The fourth-order valence-corrected chi connectivity index (χ4v) is 3.35. The topological polar surface area (TPSA) is 70.6 Å². The lowest BCUT2D eigenvalue weighted by Gasteiger charge is -2.19. The molecular weight excluding hydrogens is 262 g/mol. The lowest BCUT2D eigenvalue weighted by molar-refractivity contribution is 0.315. The molecule has 0 heterocycles. The van der Waals surface area contributed by atoms with Crippen molar-refractivity contribution >= 4 is 5.84 Å². The molecule has 0 aliphatic heterocycles. The number of rotatable bonds is 6. The number of hydrogen-bond acceptors (Lipinski definition) is 3. The second kappa shape index (κ2) is 5.68. The highest BCUT2D eigenvalue weighted by molar-refractivity contribution is 5.80. The molecule has 4 N–H and O–H groups in total. The van der Waals surface area contributed by atoms with E-state index < -0.39 is 0 Å². The molecule has 0 amide bonds. The van der Waals surface area contributed by atoms with Gasteiger partial charge in [-0.1, -0.05) is 63.2 Å². The minimum absolute atomic E-state index is 0.0781. The minimum atomic E-state index is 0.0781. The van der Waals surface area contributed by atoms with Crippen molar-refractivity contribution in [3.8, 4) is 0 Å². The van der Waals surface area contributed by atoms with Gasteiger partial charge in [-0.15, -0.1) is 0 Å². The summed E-state index contributed by atoms with van der Waals surface area (Å²) in [5.41, 5.74) is 7.58. The highest BCUT2D eigenvalue weighted by atomic mass is 16.4. The molecule has 0 aromatic heterocycles. The van der Waals surface area contributed by atoms with Crippen molar-refractivity contribution in [2.45, 2.75) is 40.2 Å². The van der Waals surface area contributed by atoms with Gasteiger partial charge in [-0.2, -0.15) is 0 Å². The third kappa shape index (κ3) is 3.05. The largest absolute Gasteiger partial charge is 0.409 e. The van der Waals surface area contributed by atoms with Crippen LogP contribution in [0.2, 0.25) is 0 Å². The Morgan fingerprint density at radius 1 is 1.24 bits per heavy atom. The number of benzene rings is 1. The fourth-order valence-electron chi connectivity index (χ4n) is 3.35. The Balaban J connectivity index is 2.04. The summed E-state index contributed by atoms with van der Waals surface area (Å²) < 4.78 is 0. The second-order valence-electron chi connectivity index (χ2n) is 7.16. The molecule has 0 bridgehead atoms. The number of amidine groups is 1. The van der Waals surface area contributed by atoms with Crippen LogP contribution in [-0.4, -0.2) is 17.6 Å². The van der Waals surface area contributed by atoms with Crippen LogP contribution in [0.5, 0.6) is 0 Å². The Kier molecular flexibility index (Phi) is 4.28. The predicted octanol–water partition coefficient (Wildman–Crippen LogP) is 3.14. The maximum absolute atomic E-state index is 8.82. The highest BCUT2D eigenvalue weighted by Crippen LogP contribution is 2.68. The normalized spacial score (nSPS) is 22.0. The van der Waals surface area contributed by atoms with Crippen LogP contribution >= 0.6 is 0 Å². The molecule has 116 valence electrons. The van der Waals surface area contributed by atoms with Gasteiger partial charge in [0.25, 0.3) is 0 Å². The van der Waals surface area contributed by atoms with E-state index in [4.69, 9.17) is 10.9 Å². The van der Waals surface area contributed by atoms with Crippen molar-refractivity contribution in [2.75, 3.05) is 6.54 Å². The molecule has 1 unspecified atom stereocenters. The Hall–Kier alpha value is -1.55. The standard InChI is InChI=1S/C17H27N3O/c1-16(2)14(17(16,3)4)11-19-13(10-15(18)20-21)12-8-6-5-7-9-12/h5-9,13-14,19,21H,10-11H2,1-4H3,(H2,18,20). The van der Waals surface area contributed by atoms with E-state index in [-0.39, 0.29) is 11.9 Å². The Bertz CT molecular complexity index is 494. The summed E-state index contributed by atoms with van der Waals surface area (Å²) in [6.07, 6.45) is 0.508. The molecule has 0 spiro atoms. The first-order chi connectivity index (χ1) is 9.80. The molecule has 2 rings (SSSR count). The summed E-state index contributed by atoms with van der Waals surface area (Å²) in [5.74, 6) is 0.897. The van der Waals surface area contributed by atoms with Gasteiger partial charge >= 0.3 is 0 Å². The van der Waals surface area contributed by atoms with Crippen LogP contribution in [0.3, 0.4) is 0 Å². The number of nitrogens with zero attached hydrogens (tertiary/aromatic N) is 1. The van der Waals surface area contributed by atoms with Gasteiger partial charge < -0.3 is 16.3 Å². The summed E-state index contributed by atoms with van der Waals surface area (Å²) in [6, 6.07) is 10.3. The van der Waals surface area contributed by atoms with Crippen LogP contribution in [0, 0.1) is 16.7 Å². The molecule has 4 nitrogen and oxygen atoms in total. The molecule has 1 fully saturated rings. The van der Waals surface area contributed by atoms with Crippen molar-refractivity contribution in [2.24, 2.45) is 27.6 Å². The van der Waals surface area contributed by atoms with Gasteiger partial charge in [0.05, 0.1) is 0 Å². The molecule has 1 aliphatic carbocycles. The molecule has 1 saturated carbocycles. The first kappa shape index (κ1) is 15.8. The molecule has 1 aromatic carbocycles. The quantitative estimate of drug-likeness (QED) is 0.326. The molecule has 21 heavy (non-hydrogen) atoms. The zero-order valence-corrected chi connectivity index (χ0v) is 13.4. The van der Waals surface area contributed by atoms with Crippen molar-refractivity contribution in [1.29, 1.82) is 0 Å². The van der Waals surface area contributed by atoms with Crippen LogP contribution in [-0.2, 0) is 0 Å². The summed E-state index contributed by atoms with van der Waals surface area (Å²) >= 11 is 0. The van der Waals surface area contributed by atoms with E-state index >= 15 is 0 Å². The monoisotopic (exact) mass is 289 g/mol. The van der Waals surface area contributed by atoms with Gasteiger partial charge in [-0.3, -0.25) is 0 Å². The molecule has 0 saturated heterocycles. The first-order valence-electron chi connectivity index (χ1n) is 7.55. The number of hydrogen-bond donors (Lipinski definition) is 3. The van der Waals surface area contributed by atoms with Crippen molar-refractivity contribution in [3.05, 3.63) is 35.9 Å². The first-order valence-corrected chi connectivity index (χ1v) is 7.55. The van der Waals surface area contributed by atoms with Gasteiger partial charge in [-0.25, -0.2) is 0 Å². The summed E-state index contributed by atoms with van der Waals surface area (Å²) in [4.78, 5) is 0. The van der Waals surface area contributed by atoms with Crippen LogP contribution in [0.1, 0.15) is 45.7 Å². The SMILES string of the molecule is CC1(C)C(CNC(CC(N)=NO)c2ccccc2)C1(C)C.